The Balaban J connectivity index is 2.30. The number of esters is 1. The molecule has 6 nitrogen and oxygen atoms in total. The highest BCUT2D eigenvalue weighted by molar-refractivity contribution is 5.91. The van der Waals surface area contributed by atoms with Crippen LogP contribution in [-0.2, 0) is 19.1 Å². The average molecular weight is 369 g/mol. The third-order valence-electron chi connectivity index (χ3n) is 4.62. The first-order valence-electron chi connectivity index (χ1n) is 8.73. The molecule has 0 bridgehead atoms. The van der Waals surface area contributed by atoms with Crippen molar-refractivity contribution in [3.05, 3.63) is 48.2 Å². The molecule has 1 amide bonds. The van der Waals surface area contributed by atoms with Crippen LogP contribution in [0.3, 0.4) is 0 Å². The molecule has 0 aliphatic carbocycles. The maximum atomic E-state index is 12.8. The third-order valence-corrected chi connectivity index (χ3v) is 4.62. The third kappa shape index (κ3) is 4.56. The number of likely N-dealkylation sites (tertiary alicyclic amines) is 1. The first-order chi connectivity index (χ1) is 12.8. The van der Waals surface area contributed by atoms with Crippen molar-refractivity contribution in [3.8, 4) is 11.8 Å². The van der Waals surface area contributed by atoms with Crippen molar-refractivity contribution in [2.45, 2.75) is 26.7 Å². The number of carboxylic acid groups (broad SMARTS) is 1. The molecular formula is C21H23NO5. The van der Waals surface area contributed by atoms with Gasteiger partial charge in [-0.25, -0.2) is 0 Å². The summed E-state index contributed by atoms with van der Waals surface area (Å²) in [4.78, 5) is 37.7. The zero-order valence-electron chi connectivity index (χ0n) is 15.5. The van der Waals surface area contributed by atoms with E-state index in [2.05, 4.69) is 18.4 Å². The Morgan fingerprint density at radius 2 is 2.04 bits per heavy atom. The first-order valence-corrected chi connectivity index (χ1v) is 8.73. The van der Waals surface area contributed by atoms with Crippen LogP contribution in [-0.4, -0.2) is 41.0 Å². The summed E-state index contributed by atoms with van der Waals surface area (Å²) in [5, 5.41) is 9.14. The van der Waals surface area contributed by atoms with Gasteiger partial charge in [0.25, 0.3) is 0 Å². The second-order valence-electron chi connectivity index (χ2n) is 6.59. The Morgan fingerprint density at radius 1 is 1.37 bits per heavy atom. The number of carbonyl (C=O) groups excluding carboxylic acids is 2. The molecule has 1 aliphatic rings. The number of amides is 1. The maximum Gasteiger partial charge on any atom is 0.317 e. The fourth-order valence-electron chi connectivity index (χ4n) is 3.13. The second-order valence-corrected chi connectivity index (χ2v) is 6.59. The van der Waals surface area contributed by atoms with Crippen LogP contribution < -0.4 is 0 Å². The van der Waals surface area contributed by atoms with E-state index >= 15 is 0 Å². The summed E-state index contributed by atoms with van der Waals surface area (Å²) >= 11 is 0. The van der Waals surface area contributed by atoms with E-state index < -0.39 is 23.3 Å². The van der Waals surface area contributed by atoms with Crippen LogP contribution in [0.1, 0.15) is 32.3 Å². The SMILES string of the molecule is C=C1N(CC#Cc2ccccc2)C(=O)[C@@H](CC(=O)O)C[C@]1(C)C(=O)OCC. The Bertz CT molecular complexity index is 805. The molecule has 0 saturated carbocycles. The number of hydrogen-bond acceptors (Lipinski definition) is 4. The quantitative estimate of drug-likeness (QED) is 0.637. The normalized spacial score (nSPS) is 22.0. The van der Waals surface area contributed by atoms with Gasteiger partial charge in [-0.2, -0.15) is 0 Å². The number of carbonyl (C=O) groups is 3. The molecule has 27 heavy (non-hydrogen) atoms. The van der Waals surface area contributed by atoms with Crippen molar-refractivity contribution >= 4 is 17.8 Å². The summed E-state index contributed by atoms with van der Waals surface area (Å²) in [5.41, 5.74) is -0.0869. The van der Waals surface area contributed by atoms with E-state index in [4.69, 9.17) is 9.84 Å². The summed E-state index contributed by atoms with van der Waals surface area (Å²) in [5.74, 6) is 3.04. The lowest BCUT2D eigenvalue weighted by atomic mass is 9.73. The van der Waals surface area contributed by atoms with E-state index in [1.54, 1.807) is 13.8 Å². The number of aliphatic carboxylic acids is 1. The fraction of sp³-hybridized carbons (Fsp3) is 0.381. The highest BCUT2D eigenvalue weighted by atomic mass is 16.5. The number of nitrogens with zero attached hydrogens (tertiary/aromatic N) is 1. The number of piperidine rings is 1. The Labute approximate surface area is 158 Å². The van der Waals surface area contributed by atoms with Gasteiger partial charge in [-0.05, 0) is 32.4 Å². The number of ether oxygens (including phenoxy) is 1. The molecule has 142 valence electrons. The lowest BCUT2D eigenvalue weighted by Crippen LogP contribution is -2.51. The molecule has 2 atom stereocenters. The van der Waals surface area contributed by atoms with Crippen LogP contribution in [0.2, 0.25) is 0 Å². The first kappa shape index (κ1) is 20.2. The van der Waals surface area contributed by atoms with E-state index in [0.29, 0.717) is 0 Å². The molecule has 1 fully saturated rings. The minimum atomic E-state index is -1.17. The van der Waals surface area contributed by atoms with Crippen molar-refractivity contribution < 1.29 is 24.2 Å². The Kier molecular flexibility index (Phi) is 6.40. The highest BCUT2D eigenvalue weighted by Gasteiger charge is 2.50. The van der Waals surface area contributed by atoms with Crippen molar-refractivity contribution in [3.63, 3.8) is 0 Å². The van der Waals surface area contributed by atoms with E-state index in [9.17, 15) is 14.4 Å². The second kappa shape index (κ2) is 8.54. The van der Waals surface area contributed by atoms with Gasteiger partial charge in [-0.3, -0.25) is 14.4 Å². The Morgan fingerprint density at radius 3 is 2.63 bits per heavy atom. The lowest BCUT2D eigenvalue weighted by molar-refractivity contribution is -0.160. The molecule has 1 aliphatic heterocycles. The summed E-state index contributed by atoms with van der Waals surface area (Å²) in [6.45, 7) is 7.47. The largest absolute Gasteiger partial charge is 0.481 e. The van der Waals surface area contributed by atoms with Gasteiger partial charge in [0.05, 0.1) is 25.5 Å². The van der Waals surface area contributed by atoms with Crippen molar-refractivity contribution in [2.75, 3.05) is 13.2 Å². The molecule has 1 aromatic carbocycles. The lowest BCUT2D eigenvalue weighted by Gasteiger charge is -2.43. The molecule has 0 spiro atoms. The van der Waals surface area contributed by atoms with Crippen LogP contribution in [0.25, 0.3) is 0 Å². The van der Waals surface area contributed by atoms with Crippen molar-refractivity contribution in [1.82, 2.24) is 4.90 Å². The molecule has 1 aromatic rings. The summed E-state index contributed by atoms with van der Waals surface area (Å²) < 4.78 is 5.14. The van der Waals surface area contributed by atoms with Gasteiger partial charge < -0.3 is 14.7 Å². The maximum absolute atomic E-state index is 12.8. The standard InChI is InChI=1S/C21H23NO5/c1-4-27-20(26)21(3)14-17(13-18(23)24)19(25)22(15(21)2)12-8-11-16-9-6-5-7-10-16/h5-7,9-10,17H,2,4,12-14H2,1,3H3,(H,23,24)/t17-,21-/m0/s1. The van der Waals surface area contributed by atoms with E-state index in [1.807, 2.05) is 30.3 Å². The van der Waals surface area contributed by atoms with Gasteiger partial charge in [-0.1, -0.05) is 36.6 Å². The van der Waals surface area contributed by atoms with Crippen LogP contribution in [0.15, 0.2) is 42.6 Å². The highest BCUT2D eigenvalue weighted by Crippen LogP contribution is 2.43. The zero-order valence-corrected chi connectivity index (χ0v) is 15.5. The van der Waals surface area contributed by atoms with E-state index in [1.165, 1.54) is 4.90 Å². The van der Waals surface area contributed by atoms with Crippen molar-refractivity contribution in [2.24, 2.45) is 11.3 Å². The van der Waals surface area contributed by atoms with E-state index in [0.717, 1.165) is 5.56 Å². The van der Waals surface area contributed by atoms with Crippen molar-refractivity contribution in [1.29, 1.82) is 0 Å². The molecule has 1 N–H and O–H groups in total. The number of rotatable bonds is 5. The molecule has 2 rings (SSSR count). The number of hydrogen-bond donors (Lipinski definition) is 1. The molecule has 1 heterocycles. The summed E-state index contributed by atoms with van der Waals surface area (Å²) in [6, 6.07) is 9.28. The fourth-order valence-corrected chi connectivity index (χ4v) is 3.13. The Hall–Kier alpha value is -3.07. The number of benzene rings is 1. The smallest absolute Gasteiger partial charge is 0.317 e. The average Bonchev–Trinajstić information content (AvgIpc) is 2.63. The molecule has 0 radical (unpaired) electrons. The topological polar surface area (TPSA) is 83.9 Å². The zero-order chi connectivity index (χ0) is 20.0. The number of carboxylic acids is 1. The molecule has 6 heteroatoms. The van der Waals surface area contributed by atoms with Gasteiger partial charge in [0.2, 0.25) is 5.91 Å². The predicted octanol–water partition coefficient (Wildman–Crippen LogP) is 2.44. The van der Waals surface area contributed by atoms with Crippen LogP contribution >= 0.6 is 0 Å². The van der Waals surface area contributed by atoms with Gasteiger partial charge in [-0.15, -0.1) is 0 Å². The van der Waals surface area contributed by atoms with Gasteiger partial charge >= 0.3 is 11.9 Å². The predicted molar refractivity (Wildman–Crippen MR) is 99.3 cm³/mol. The summed E-state index contributed by atoms with van der Waals surface area (Å²) in [6.07, 6.45) is -0.303. The molecule has 1 saturated heterocycles. The molecule has 0 aromatic heterocycles. The molecular weight excluding hydrogens is 346 g/mol. The van der Waals surface area contributed by atoms with Gasteiger partial charge in [0.1, 0.15) is 5.41 Å². The van der Waals surface area contributed by atoms with Crippen LogP contribution in [0.4, 0.5) is 0 Å². The monoisotopic (exact) mass is 369 g/mol. The van der Waals surface area contributed by atoms with Crippen LogP contribution in [0.5, 0.6) is 0 Å². The van der Waals surface area contributed by atoms with Gasteiger partial charge in [0.15, 0.2) is 0 Å². The minimum Gasteiger partial charge on any atom is -0.481 e. The minimum absolute atomic E-state index is 0.0255. The van der Waals surface area contributed by atoms with E-state index in [-0.39, 0.29) is 37.6 Å². The van der Waals surface area contributed by atoms with Gasteiger partial charge in [0, 0.05) is 11.3 Å². The summed E-state index contributed by atoms with van der Waals surface area (Å²) in [7, 11) is 0. The molecule has 0 unspecified atom stereocenters. The van der Waals surface area contributed by atoms with Crippen LogP contribution in [0, 0.1) is 23.2 Å².